The van der Waals surface area contributed by atoms with Crippen LogP contribution in [0, 0.1) is 0 Å². The maximum atomic E-state index is 11.1. The van der Waals surface area contributed by atoms with Gasteiger partial charge in [0.2, 0.25) is 0 Å². The summed E-state index contributed by atoms with van der Waals surface area (Å²) in [5.41, 5.74) is 2.28. The molecule has 1 unspecified atom stereocenters. The third-order valence-electron chi connectivity index (χ3n) is 2.30. The largest absolute Gasteiger partial charge is 1.00 e. The minimum absolute atomic E-state index is 0. The van der Waals surface area contributed by atoms with Crippen molar-refractivity contribution in [2.24, 2.45) is 0 Å². The van der Waals surface area contributed by atoms with Crippen molar-refractivity contribution < 1.29 is 11.0 Å². The van der Waals surface area contributed by atoms with E-state index in [1.165, 1.54) is 5.56 Å². The molecule has 1 atom stereocenters. The topological polar surface area (TPSA) is 38.3 Å². The number of fused-ring (bicyclic) bond motifs is 1. The van der Waals surface area contributed by atoms with E-state index in [2.05, 4.69) is 5.32 Å². The van der Waals surface area contributed by atoms with Crippen molar-refractivity contribution in [1.82, 2.24) is 0 Å². The lowest BCUT2D eigenvalue weighted by molar-refractivity contribution is -0.147. The van der Waals surface area contributed by atoms with Crippen molar-refractivity contribution >= 4 is 11.7 Å². The van der Waals surface area contributed by atoms with Gasteiger partial charge in [0, 0.05) is 18.5 Å². The fourth-order valence-corrected chi connectivity index (χ4v) is 1.58. The lowest BCUT2D eigenvalue weighted by atomic mass is 10.2. The minimum Gasteiger partial charge on any atom is -0.441 e. The molecule has 1 aliphatic heterocycles. The van der Waals surface area contributed by atoms with Gasteiger partial charge in [0.25, 0.3) is 0 Å². The van der Waals surface area contributed by atoms with E-state index in [1.807, 2.05) is 24.3 Å². The fraction of sp³-hybridized carbons (Fsp3) is 0.364. The Bertz CT molecular complexity index is 329. The summed E-state index contributed by atoms with van der Waals surface area (Å²) in [6, 6.07) is 8.00. The predicted molar refractivity (Wildman–Crippen MR) is 55.1 cm³/mol. The summed E-state index contributed by atoms with van der Waals surface area (Å²) in [5, 5.41) is 3.16. The fourth-order valence-electron chi connectivity index (χ4n) is 1.58. The Morgan fingerprint density at radius 3 is 3.14 bits per heavy atom. The summed E-state index contributed by atoms with van der Waals surface area (Å²) in [5.74, 6) is -0.157. The van der Waals surface area contributed by atoms with Crippen molar-refractivity contribution in [1.29, 1.82) is 0 Å². The lowest BCUT2D eigenvalue weighted by Gasteiger charge is -2.11. The third kappa shape index (κ3) is 1.71. The first kappa shape index (κ1) is 9.06. The van der Waals surface area contributed by atoms with E-state index < -0.39 is 0 Å². The lowest BCUT2D eigenvalue weighted by Crippen LogP contribution is -2.23. The second-order valence-corrected chi connectivity index (χ2v) is 3.34. The zero-order valence-electron chi connectivity index (χ0n) is 9.12. The number of ether oxygens (including phenoxy) is 1. The smallest absolute Gasteiger partial charge is 0.441 e. The highest BCUT2D eigenvalue weighted by Crippen LogP contribution is 2.25. The molecule has 0 radical (unpaired) electrons. The van der Waals surface area contributed by atoms with Crippen LogP contribution in [0.25, 0.3) is 0 Å². The Kier molecular flexibility index (Phi) is 2.39. The molecule has 0 fully saturated rings. The summed E-state index contributed by atoms with van der Waals surface area (Å²) >= 11 is 0. The molecular weight excluding hydrogens is 178 g/mol. The van der Waals surface area contributed by atoms with Crippen LogP contribution in [0.1, 0.15) is 20.3 Å². The van der Waals surface area contributed by atoms with Crippen LogP contribution in [0.3, 0.4) is 0 Å². The Morgan fingerprint density at radius 2 is 2.43 bits per heavy atom. The van der Waals surface area contributed by atoms with E-state index in [9.17, 15) is 4.79 Å². The SMILES string of the molecule is CCC(=O)OC1Cc2ccccc2N1.[H+]. The molecule has 1 N–H and O–H groups in total. The summed E-state index contributed by atoms with van der Waals surface area (Å²) in [7, 11) is 0. The molecule has 0 saturated heterocycles. The number of rotatable bonds is 2. The number of hydrogen-bond acceptors (Lipinski definition) is 3. The van der Waals surface area contributed by atoms with Crippen LogP contribution in [-0.4, -0.2) is 12.2 Å². The van der Waals surface area contributed by atoms with Crippen LogP contribution >= 0.6 is 0 Å². The maximum absolute atomic E-state index is 11.1. The van der Waals surface area contributed by atoms with E-state index in [4.69, 9.17) is 4.74 Å². The molecule has 0 aromatic heterocycles. The Morgan fingerprint density at radius 1 is 1.64 bits per heavy atom. The Labute approximate surface area is 84.6 Å². The first-order valence-electron chi connectivity index (χ1n) is 4.83. The van der Waals surface area contributed by atoms with Crippen molar-refractivity contribution in [2.75, 3.05) is 5.32 Å². The van der Waals surface area contributed by atoms with E-state index in [-0.39, 0.29) is 13.6 Å². The van der Waals surface area contributed by atoms with Crippen molar-refractivity contribution in [3.05, 3.63) is 29.8 Å². The average molecular weight is 192 g/mol. The van der Waals surface area contributed by atoms with Crippen LogP contribution in [-0.2, 0) is 16.0 Å². The summed E-state index contributed by atoms with van der Waals surface area (Å²) in [6.07, 6.45) is 1.01. The van der Waals surface area contributed by atoms with Gasteiger partial charge in [0.05, 0.1) is 0 Å². The van der Waals surface area contributed by atoms with Gasteiger partial charge in [-0.1, -0.05) is 25.1 Å². The molecule has 14 heavy (non-hydrogen) atoms. The predicted octanol–water partition coefficient (Wildman–Crippen LogP) is 2.05. The molecule has 1 heterocycles. The standard InChI is InChI=1S/C11H13NO2/c1-2-11(13)14-10-7-8-5-3-4-6-9(8)12-10/h3-6,10,12H,2,7H2,1H3/p+1. The van der Waals surface area contributed by atoms with Gasteiger partial charge in [-0.3, -0.25) is 4.79 Å². The van der Waals surface area contributed by atoms with E-state index >= 15 is 0 Å². The van der Waals surface area contributed by atoms with Crippen molar-refractivity contribution in [3.63, 3.8) is 0 Å². The summed E-state index contributed by atoms with van der Waals surface area (Å²) in [4.78, 5) is 11.1. The van der Waals surface area contributed by atoms with Gasteiger partial charge in [-0.25, -0.2) is 0 Å². The van der Waals surface area contributed by atoms with Gasteiger partial charge in [-0.15, -0.1) is 0 Å². The number of anilines is 1. The van der Waals surface area contributed by atoms with Crippen LogP contribution in [0.2, 0.25) is 0 Å². The van der Waals surface area contributed by atoms with Gasteiger partial charge < -0.3 is 10.1 Å². The molecule has 0 amide bonds. The molecule has 1 aromatic carbocycles. The molecule has 0 aliphatic carbocycles. The Hall–Kier alpha value is -1.51. The molecule has 1 aromatic rings. The van der Waals surface area contributed by atoms with Crippen molar-refractivity contribution in [3.8, 4) is 0 Å². The van der Waals surface area contributed by atoms with Gasteiger partial charge in [0.15, 0.2) is 6.23 Å². The van der Waals surface area contributed by atoms with E-state index in [0.717, 1.165) is 12.1 Å². The third-order valence-corrected chi connectivity index (χ3v) is 2.30. The van der Waals surface area contributed by atoms with Gasteiger partial charge >= 0.3 is 7.40 Å². The van der Waals surface area contributed by atoms with Gasteiger partial charge in [-0.2, -0.15) is 0 Å². The molecule has 0 bridgehead atoms. The van der Waals surface area contributed by atoms with Crippen LogP contribution in [0.15, 0.2) is 24.3 Å². The quantitative estimate of drug-likeness (QED) is 0.729. The zero-order chi connectivity index (χ0) is 9.97. The second kappa shape index (κ2) is 3.70. The number of hydrogen-bond donors (Lipinski definition) is 1. The number of benzene rings is 1. The van der Waals surface area contributed by atoms with Crippen LogP contribution < -0.4 is 5.32 Å². The highest BCUT2D eigenvalue weighted by Gasteiger charge is 2.22. The monoisotopic (exact) mass is 192 g/mol. The maximum Gasteiger partial charge on any atom is 1.00 e. The van der Waals surface area contributed by atoms with Gasteiger partial charge in [-0.05, 0) is 11.6 Å². The molecule has 1 aliphatic rings. The highest BCUT2D eigenvalue weighted by molar-refractivity contribution is 5.70. The first-order chi connectivity index (χ1) is 6.79. The van der Waals surface area contributed by atoms with Crippen LogP contribution in [0.5, 0.6) is 0 Å². The normalized spacial score (nSPS) is 18.5. The van der Waals surface area contributed by atoms with Gasteiger partial charge in [0.1, 0.15) is 0 Å². The second-order valence-electron chi connectivity index (χ2n) is 3.34. The Balaban J connectivity index is 0.00000112. The summed E-state index contributed by atoms with van der Waals surface area (Å²) in [6.45, 7) is 1.80. The number of esters is 1. The molecular formula is C11H14NO2+. The van der Waals surface area contributed by atoms with Crippen molar-refractivity contribution in [2.45, 2.75) is 26.0 Å². The number of carbonyl (C=O) groups is 1. The molecule has 2 rings (SSSR count). The molecule has 74 valence electrons. The van der Waals surface area contributed by atoms with Crippen LogP contribution in [0.4, 0.5) is 5.69 Å². The molecule has 0 saturated carbocycles. The van der Waals surface area contributed by atoms with E-state index in [1.54, 1.807) is 6.92 Å². The number of para-hydroxylation sites is 1. The average Bonchev–Trinajstić information content (AvgIpc) is 2.59. The number of carbonyl (C=O) groups excluding carboxylic acids is 1. The molecule has 0 spiro atoms. The number of nitrogens with one attached hydrogen (secondary N) is 1. The minimum atomic E-state index is -0.181. The first-order valence-corrected chi connectivity index (χ1v) is 4.83. The molecule has 3 heteroatoms. The van der Waals surface area contributed by atoms with E-state index in [0.29, 0.717) is 6.42 Å². The molecule has 3 nitrogen and oxygen atoms in total. The summed E-state index contributed by atoms with van der Waals surface area (Å²) < 4.78 is 5.19. The highest BCUT2D eigenvalue weighted by atomic mass is 16.6. The zero-order valence-corrected chi connectivity index (χ0v) is 8.12.